The fraction of sp³-hybridized carbons (Fsp3) is 0.167. The Morgan fingerprint density at radius 3 is 2.61 bits per heavy atom. The van der Waals surface area contributed by atoms with E-state index in [9.17, 15) is 9.59 Å². The number of nitrogens with zero attached hydrogens (tertiary/aromatic N) is 3. The molecule has 4 N–H and O–H groups in total. The molecule has 33 heavy (non-hydrogen) atoms. The molecule has 3 heterocycles. The van der Waals surface area contributed by atoms with E-state index in [2.05, 4.69) is 20.6 Å². The van der Waals surface area contributed by atoms with Crippen molar-refractivity contribution in [3.63, 3.8) is 0 Å². The van der Waals surface area contributed by atoms with E-state index in [-0.39, 0.29) is 5.91 Å². The number of hydrogen-bond acceptors (Lipinski definition) is 7. The molecule has 9 heteroatoms. The van der Waals surface area contributed by atoms with Crippen molar-refractivity contribution in [2.24, 2.45) is 5.73 Å². The van der Waals surface area contributed by atoms with Crippen LogP contribution in [-0.2, 0) is 0 Å². The molecule has 0 unspecified atom stereocenters. The van der Waals surface area contributed by atoms with E-state index in [4.69, 9.17) is 5.73 Å². The summed E-state index contributed by atoms with van der Waals surface area (Å²) in [7, 11) is 0. The van der Waals surface area contributed by atoms with Gasteiger partial charge in [0, 0.05) is 24.3 Å². The molecule has 5 rings (SSSR count). The summed E-state index contributed by atoms with van der Waals surface area (Å²) in [5, 5.41) is 8.38. The first-order valence-corrected chi connectivity index (χ1v) is 11.5. The van der Waals surface area contributed by atoms with Crippen molar-refractivity contribution >= 4 is 56.5 Å². The zero-order valence-electron chi connectivity index (χ0n) is 17.7. The van der Waals surface area contributed by atoms with Gasteiger partial charge in [-0.2, -0.15) is 4.98 Å². The second-order valence-corrected chi connectivity index (χ2v) is 8.69. The number of thiophene rings is 1. The third-order valence-electron chi connectivity index (χ3n) is 5.51. The number of amides is 2. The quantitative estimate of drug-likeness (QED) is 0.392. The Morgan fingerprint density at radius 1 is 0.970 bits per heavy atom. The first kappa shape index (κ1) is 20.9. The largest absolute Gasteiger partial charge is 0.366 e. The summed E-state index contributed by atoms with van der Waals surface area (Å²) in [5.74, 6) is 0.462. The first-order valence-electron chi connectivity index (χ1n) is 10.7. The number of aromatic nitrogens is 2. The summed E-state index contributed by atoms with van der Waals surface area (Å²) in [5.41, 5.74) is 8.59. The van der Waals surface area contributed by atoms with Gasteiger partial charge in [-0.15, -0.1) is 11.3 Å². The van der Waals surface area contributed by atoms with Crippen molar-refractivity contribution in [1.82, 2.24) is 14.9 Å². The van der Waals surface area contributed by atoms with Crippen molar-refractivity contribution in [3.8, 4) is 0 Å². The molecule has 0 radical (unpaired) electrons. The number of para-hydroxylation sites is 1. The van der Waals surface area contributed by atoms with Gasteiger partial charge in [-0.3, -0.25) is 9.59 Å². The van der Waals surface area contributed by atoms with Crippen LogP contribution in [0.3, 0.4) is 0 Å². The summed E-state index contributed by atoms with van der Waals surface area (Å²) in [6.07, 6.45) is 2.10. The lowest BCUT2D eigenvalue weighted by molar-refractivity contribution is 0.0792. The minimum atomic E-state index is -0.521. The Morgan fingerprint density at radius 2 is 1.79 bits per heavy atom. The van der Waals surface area contributed by atoms with Crippen LogP contribution in [0.5, 0.6) is 0 Å². The van der Waals surface area contributed by atoms with Crippen LogP contribution in [0.4, 0.5) is 23.1 Å². The van der Waals surface area contributed by atoms with Gasteiger partial charge in [0.15, 0.2) is 5.82 Å². The molecule has 1 aliphatic rings. The van der Waals surface area contributed by atoms with Crippen LogP contribution in [0.1, 0.15) is 33.6 Å². The normalized spacial score (nSPS) is 13.3. The SMILES string of the molecule is NC(=O)c1ccccc1Nc1nc(Nc2cccc(C(=O)N3CCCC3)c2)nc2ccsc12. The smallest absolute Gasteiger partial charge is 0.253 e. The molecule has 2 aromatic carbocycles. The minimum Gasteiger partial charge on any atom is -0.366 e. The number of nitrogens with two attached hydrogens (primary N) is 1. The highest BCUT2D eigenvalue weighted by Crippen LogP contribution is 2.31. The highest BCUT2D eigenvalue weighted by molar-refractivity contribution is 7.17. The summed E-state index contributed by atoms with van der Waals surface area (Å²) >= 11 is 1.50. The predicted molar refractivity (Wildman–Crippen MR) is 131 cm³/mol. The number of carbonyl (C=O) groups is 2. The zero-order valence-corrected chi connectivity index (χ0v) is 18.6. The van der Waals surface area contributed by atoms with Crippen LogP contribution in [0.15, 0.2) is 60.0 Å². The summed E-state index contributed by atoms with van der Waals surface area (Å²) in [6.45, 7) is 1.60. The Hall–Kier alpha value is -3.98. The zero-order chi connectivity index (χ0) is 22.8. The van der Waals surface area contributed by atoms with Crippen LogP contribution in [-0.4, -0.2) is 39.8 Å². The predicted octanol–water partition coefficient (Wildman–Crippen LogP) is 4.51. The standard InChI is InChI=1S/C24H22N6O2S/c25-21(31)17-8-1-2-9-18(17)27-22-20-19(10-13-33-20)28-24(29-22)26-16-7-5-6-15(14-16)23(32)30-11-3-4-12-30/h1-2,5-10,13-14H,3-4,11-12H2,(H2,25,31)(H2,26,27,28,29). The first-order chi connectivity index (χ1) is 16.1. The van der Waals surface area contributed by atoms with Crippen molar-refractivity contribution in [2.45, 2.75) is 12.8 Å². The van der Waals surface area contributed by atoms with Crippen LogP contribution in [0.2, 0.25) is 0 Å². The van der Waals surface area contributed by atoms with Crippen LogP contribution in [0.25, 0.3) is 10.2 Å². The molecule has 1 saturated heterocycles. The Balaban J connectivity index is 1.45. The fourth-order valence-electron chi connectivity index (χ4n) is 3.90. The highest BCUT2D eigenvalue weighted by atomic mass is 32.1. The molecule has 1 fully saturated rings. The number of anilines is 4. The molecule has 8 nitrogen and oxygen atoms in total. The van der Waals surface area contributed by atoms with Crippen molar-refractivity contribution < 1.29 is 9.59 Å². The lowest BCUT2D eigenvalue weighted by Crippen LogP contribution is -2.27. The maximum Gasteiger partial charge on any atom is 0.253 e. The molecule has 2 amide bonds. The third kappa shape index (κ3) is 4.35. The second-order valence-electron chi connectivity index (χ2n) is 7.77. The topological polar surface area (TPSA) is 113 Å². The van der Waals surface area contributed by atoms with E-state index >= 15 is 0 Å². The number of fused-ring (bicyclic) bond motifs is 1. The Labute approximate surface area is 194 Å². The summed E-state index contributed by atoms with van der Waals surface area (Å²) in [4.78, 5) is 35.7. The number of carbonyl (C=O) groups excluding carboxylic acids is 2. The molecule has 1 aliphatic heterocycles. The van der Waals surface area contributed by atoms with Gasteiger partial charge in [-0.05, 0) is 54.6 Å². The monoisotopic (exact) mass is 458 g/mol. The lowest BCUT2D eigenvalue weighted by Gasteiger charge is -2.16. The van der Waals surface area contributed by atoms with Crippen molar-refractivity contribution in [1.29, 1.82) is 0 Å². The molecule has 0 bridgehead atoms. The fourth-order valence-corrected chi connectivity index (χ4v) is 4.68. The molecule has 0 aliphatic carbocycles. The van der Waals surface area contributed by atoms with E-state index in [1.54, 1.807) is 18.2 Å². The molecule has 166 valence electrons. The summed E-state index contributed by atoms with van der Waals surface area (Å²) in [6, 6.07) is 16.3. The Kier molecular flexibility index (Phi) is 5.62. The van der Waals surface area contributed by atoms with Crippen molar-refractivity contribution in [2.75, 3.05) is 23.7 Å². The van der Waals surface area contributed by atoms with Crippen LogP contribution >= 0.6 is 11.3 Å². The van der Waals surface area contributed by atoms with E-state index in [0.717, 1.165) is 41.8 Å². The second kappa shape index (κ2) is 8.87. The van der Waals surface area contributed by atoms with Gasteiger partial charge < -0.3 is 21.3 Å². The van der Waals surface area contributed by atoms with Gasteiger partial charge in [0.05, 0.1) is 21.5 Å². The van der Waals surface area contributed by atoms with E-state index in [0.29, 0.717) is 28.6 Å². The van der Waals surface area contributed by atoms with Crippen molar-refractivity contribution in [3.05, 3.63) is 71.1 Å². The number of primary amides is 1. The number of hydrogen-bond donors (Lipinski definition) is 3. The number of likely N-dealkylation sites (tertiary alicyclic amines) is 1. The van der Waals surface area contributed by atoms with Gasteiger partial charge in [0.25, 0.3) is 11.8 Å². The molecule has 4 aromatic rings. The van der Waals surface area contributed by atoms with Crippen LogP contribution < -0.4 is 16.4 Å². The number of rotatable bonds is 6. The average molecular weight is 459 g/mol. The molecule has 0 spiro atoms. The van der Waals surface area contributed by atoms with Gasteiger partial charge in [-0.25, -0.2) is 4.98 Å². The Bertz CT molecular complexity index is 1350. The van der Waals surface area contributed by atoms with Gasteiger partial charge >= 0.3 is 0 Å². The molecule has 0 saturated carbocycles. The number of benzene rings is 2. The molecule has 0 atom stereocenters. The average Bonchev–Trinajstić information content (AvgIpc) is 3.51. The maximum absolute atomic E-state index is 12.8. The van der Waals surface area contributed by atoms with Gasteiger partial charge in [0.1, 0.15) is 0 Å². The number of nitrogens with one attached hydrogen (secondary N) is 2. The van der Waals surface area contributed by atoms with E-state index in [1.807, 2.05) is 46.7 Å². The van der Waals surface area contributed by atoms with Gasteiger partial charge in [-0.1, -0.05) is 18.2 Å². The van der Waals surface area contributed by atoms with E-state index in [1.165, 1.54) is 11.3 Å². The highest BCUT2D eigenvalue weighted by Gasteiger charge is 2.20. The molecular formula is C24H22N6O2S. The minimum absolute atomic E-state index is 0.0377. The van der Waals surface area contributed by atoms with E-state index < -0.39 is 5.91 Å². The summed E-state index contributed by atoms with van der Waals surface area (Å²) < 4.78 is 0.859. The third-order valence-corrected chi connectivity index (χ3v) is 6.42. The molecular weight excluding hydrogens is 436 g/mol. The van der Waals surface area contributed by atoms with Crippen LogP contribution in [0, 0.1) is 0 Å². The lowest BCUT2D eigenvalue weighted by atomic mass is 10.1. The van der Waals surface area contributed by atoms with Gasteiger partial charge in [0.2, 0.25) is 5.95 Å². The maximum atomic E-state index is 12.8. The molecule has 2 aromatic heterocycles.